The number of nitrogens with one attached hydrogen (secondary N) is 2. The second-order valence-electron chi connectivity index (χ2n) is 4.15. The molecule has 5 heteroatoms. The van der Waals surface area contributed by atoms with E-state index in [2.05, 4.69) is 15.6 Å². The summed E-state index contributed by atoms with van der Waals surface area (Å²) in [6, 6.07) is 9.86. The van der Waals surface area contributed by atoms with Gasteiger partial charge in [0.1, 0.15) is 4.88 Å². The Morgan fingerprint density at radius 2 is 2.11 bits per heavy atom. The summed E-state index contributed by atoms with van der Waals surface area (Å²) >= 11 is 1.42. The lowest BCUT2D eigenvalue weighted by atomic mass is 10.2. The molecule has 0 radical (unpaired) electrons. The van der Waals surface area contributed by atoms with Gasteiger partial charge in [0.25, 0.3) is 5.91 Å². The Morgan fingerprint density at radius 3 is 2.94 bits per heavy atom. The van der Waals surface area contributed by atoms with Crippen molar-refractivity contribution in [2.45, 2.75) is 12.8 Å². The minimum Gasteiger partial charge on any atom is -0.351 e. The lowest BCUT2D eigenvalue weighted by molar-refractivity contribution is 0.0960. The Labute approximate surface area is 109 Å². The van der Waals surface area contributed by atoms with Crippen molar-refractivity contribution in [1.82, 2.24) is 10.3 Å². The van der Waals surface area contributed by atoms with Gasteiger partial charge in [-0.25, -0.2) is 4.98 Å². The van der Waals surface area contributed by atoms with Crippen molar-refractivity contribution in [1.29, 1.82) is 0 Å². The molecule has 18 heavy (non-hydrogen) atoms. The number of aromatic nitrogens is 1. The van der Waals surface area contributed by atoms with Gasteiger partial charge >= 0.3 is 0 Å². The highest BCUT2D eigenvalue weighted by Gasteiger charge is 2.20. The summed E-state index contributed by atoms with van der Waals surface area (Å²) in [7, 11) is 0. The van der Waals surface area contributed by atoms with Crippen LogP contribution in [-0.2, 0) is 6.42 Å². The molecule has 1 aromatic heterocycles. The highest BCUT2D eigenvalue weighted by Crippen LogP contribution is 2.27. The van der Waals surface area contributed by atoms with E-state index in [-0.39, 0.29) is 5.91 Å². The monoisotopic (exact) mass is 259 g/mol. The molecule has 3 rings (SSSR count). The van der Waals surface area contributed by atoms with Crippen molar-refractivity contribution in [2.75, 3.05) is 11.9 Å². The molecule has 0 atom stereocenters. The van der Waals surface area contributed by atoms with E-state index in [0.29, 0.717) is 0 Å². The van der Waals surface area contributed by atoms with Gasteiger partial charge in [-0.2, -0.15) is 0 Å². The fourth-order valence-corrected chi connectivity index (χ4v) is 2.88. The van der Waals surface area contributed by atoms with Crippen LogP contribution in [0.15, 0.2) is 30.3 Å². The smallest absolute Gasteiger partial charge is 0.263 e. The van der Waals surface area contributed by atoms with Crippen molar-refractivity contribution in [3.8, 4) is 0 Å². The Morgan fingerprint density at radius 1 is 1.28 bits per heavy atom. The number of thiazole rings is 1. The summed E-state index contributed by atoms with van der Waals surface area (Å²) in [4.78, 5) is 17.0. The molecule has 92 valence electrons. The fraction of sp³-hybridized carbons (Fsp3) is 0.231. The number of hydrogen-bond donors (Lipinski definition) is 2. The molecule has 2 heterocycles. The van der Waals surface area contributed by atoms with Crippen LogP contribution in [0.2, 0.25) is 0 Å². The quantitative estimate of drug-likeness (QED) is 0.871. The molecule has 1 aliphatic rings. The van der Waals surface area contributed by atoms with E-state index in [9.17, 15) is 4.79 Å². The molecular formula is C13H13N3OS. The first-order valence-corrected chi connectivity index (χ1v) is 6.74. The van der Waals surface area contributed by atoms with Crippen molar-refractivity contribution in [3.05, 3.63) is 40.9 Å². The zero-order valence-electron chi connectivity index (χ0n) is 9.77. The van der Waals surface area contributed by atoms with Crippen LogP contribution >= 0.6 is 11.3 Å². The average molecular weight is 259 g/mol. The number of nitrogens with zero attached hydrogens (tertiary/aromatic N) is 1. The highest BCUT2D eigenvalue weighted by atomic mass is 32.1. The second kappa shape index (κ2) is 4.78. The number of aryl methyl sites for hydroxylation is 1. The maximum Gasteiger partial charge on any atom is 0.263 e. The number of carbonyl (C=O) groups excluding carboxylic acids is 1. The standard InChI is InChI=1S/C13H13N3OS/c17-12-11-10(7-4-8-14-12)16-13(18-11)15-9-5-2-1-3-6-9/h1-3,5-6H,4,7-8H2,(H,14,17)(H,15,16). The van der Waals surface area contributed by atoms with Gasteiger partial charge in [-0.1, -0.05) is 29.5 Å². The Kier molecular flexibility index (Phi) is 2.98. The molecule has 4 nitrogen and oxygen atoms in total. The first-order valence-electron chi connectivity index (χ1n) is 5.93. The maximum atomic E-state index is 11.8. The molecule has 0 fully saturated rings. The van der Waals surface area contributed by atoms with Gasteiger partial charge in [-0.05, 0) is 25.0 Å². The van der Waals surface area contributed by atoms with Crippen LogP contribution in [0.4, 0.5) is 10.8 Å². The van der Waals surface area contributed by atoms with Crippen LogP contribution in [0.5, 0.6) is 0 Å². The zero-order chi connectivity index (χ0) is 12.4. The van der Waals surface area contributed by atoms with Gasteiger partial charge in [-0.15, -0.1) is 0 Å². The second-order valence-corrected chi connectivity index (χ2v) is 5.14. The molecule has 0 spiro atoms. The number of rotatable bonds is 2. The summed E-state index contributed by atoms with van der Waals surface area (Å²) < 4.78 is 0. The number of anilines is 2. The number of para-hydroxylation sites is 1. The zero-order valence-corrected chi connectivity index (χ0v) is 10.6. The molecular weight excluding hydrogens is 246 g/mol. The molecule has 2 N–H and O–H groups in total. The highest BCUT2D eigenvalue weighted by molar-refractivity contribution is 7.17. The van der Waals surface area contributed by atoms with Gasteiger partial charge in [0.2, 0.25) is 0 Å². The number of fused-ring (bicyclic) bond motifs is 1. The van der Waals surface area contributed by atoms with E-state index in [4.69, 9.17) is 0 Å². The van der Waals surface area contributed by atoms with Crippen LogP contribution in [0.3, 0.4) is 0 Å². The van der Waals surface area contributed by atoms with Gasteiger partial charge in [0.15, 0.2) is 5.13 Å². The molecule has 0 unspecified atom stereocenters. The Bertz CT molecular complexity index is 565. The summed E-state index contributed by atoms with van der Waals surface area (Å²) in [6.07, 6.45) is 1.81. The fourth-order valence-electron chi connectivity index (χ4n) is 1.94. The summed E-state index contributed by atoms with van der Waals surface area (Å²) in [5.74, 6) is 0.00103. The lowest BCUT2D eigenvalue weighted by Gasteiger charge is -2.01. The summed E-state index contributed by atoms with van der Waals surface area (Å²) in [5, 5.41) is 6.89. The first-order chi connectivity index (χ1) is 8.83. The molecule has 1 aromatic carbocycles. The van der Waals surface area contributed by atoms with E-state index >= 15 is 0 Å². The molecule has 0 saturated carbocycles. The Balaban J connectivity index is 1.87. The Hall–Kier alpha value is -1.88. The van der Waals surface area contributed by atoms with Gasteiger partial charge in [-0.3, -0.25) is 4.79 Å². The minimum atomic E-state index is 0.00103. The lowest BCUT2D eigenvalue weighted by Crippen LogP contribution is -2.21. The molecule has 0 bridgehead atoms. The van der Waals surface area contributed by atoms with Crippen LogP contribution in [0, 0.1) is 0 Å². The average Bonchev–Trinajstić information content (AvgIpc) is 2.71. The van der Waals surface area contributed by atoms with E-state index in [1.807, 2.05) is 30.3 Å². The predicted octanol–water partition coefficient (Wildman–Crippen LogP) is 2.56. The number of benzene rings is 1. The van der Waals surface area contributed by atoms with Crippen LogP contribution < -0.4 is 10.6 Å². The van der Waals surface area contributed by atoms with Crippen LogP contribution in [0.1, 0.15) is 21.8 Å². The summed E-state index contributed by atoms with van der Waals surface area (Å²) in [5.41, 5.74) is 1.90. The van der Waals surface area contributed by atoms with Crippen molar-refractivity contribution >= 4 is 28.1 Å². The molecule has 2 aromatic rings. The van der Waals surface area contributed by atoms with E-state index in [1.54, 1.807) is 0 Å². The summed E-state index contributed by atoms with van der Waals surface area (Å²) in [6.45, 7) is 0.739. The van der Waals surface area contributed by atoms with Gasteiger partial charge < -0.3 is 10.6 Å². The van der Waals surface area contributed by atoms with Crippen molar-refractivity contribution < 1.29 is 4.79 Å². The molecule has 1 aliphatic heterocycles. The maximum absolute atomic E-state index is 11.8. The molecule has 0 saturated heterocycles. The van der Waals surface area contributed by atoms with Crippen molar-refractivity contribution in [2.24, 2.45) is 0 Å². The number of amides is 1. The topological polar surface area (TPSA) is 54.0 Å². The first kappa shape index (κ1) is 11.2. The minimum absolute atomic E-state index is 0.00103. The van der Waals surface area contributed by atoms with E-state index in [0.717, 1.165) is 40.8 Å². The molecule has 0 aliphatic carbocycles. The van der Waals surface area contributed by atoms with Gasteiger partial charge in [0, 0.05) is 12.2 Å². The SMILES string of the molecule is O=C1NCCCc2nc(Nc3ccccc3)sc21. The van der Waals surface area contributed by atoms with Crippen LogP contribution in [0.25, 0.3) is 0 Å². The number of carbonyl (C=O) groups is 1. The number of hydrogen-bond acceptors (Lipinski definition) is 4. The third kappa shape index (κ3) is 2.22. The van der Waals surface area contributed by atoms with E-state index in [1.165, 1.54) is 11.3 Å². The third-order valence-corrected chi connectivity index (χ3v) is 3.82. The third-order valence-electron chi connectivity index (χ3n) is 2.80. The van der Waals surface area contributed by atoms with Crippen LogP contribution in [-0.4, -0.2) is 17.4 Å². The van der Waals surface area contributed by atoms with Crippen molar-refractivity contribution in [3.63, 3.8) is 0 Å². The van der Waals surface area contributed by atoms with Gasteiger partial charge in [0.05, 0.1) is 5.69 Å². The molecule has 1 amide bonds. The normalized spacial score (nSPS) is 14.6. The largest absolute Gasteiger partial charge is 0.351 e. The van der Waals surface area contributed by atoms with E-state index < -0.39 is 0 Å². The predicted molar refractivity (Wildman–Crippen MR) is 72.5 cm³/mol.